The van der Waals surface area contributed by atoms with Crippen LogP contribution in [0.15, 0.2) is 0 Å². The predicted molar refractivity (Wildman–Crippen MR) is 65.2 cm³/mol. The minimum Gasteiger partial charge on any atom is -0.469 e. The summed E-state index contributed by atoms with van der Waals surface area (Å²) in [6.45, 7) is 5.59. The summed E-state index contributed by atoms with van der Waals surface area (Å²) < 4.78 is 4.61. The quantitative estimate of drug-likeness (QED) is 0.579. The van der Waals surface area contributed by atoms with E-state index in [4.69, 9.17) is 0 Å². The number of ether oxygens (including phenoxy) is 1. The van der Waals surface area contributed by atoms with Gasteiger partial charge in [-0.2, -0.15) is 0 Å². The maximum Gasteiger partial charge on any atom is 0.305 e. The van der Waals surface area contributed by atoms with E-state index in [1.165, 1.54) is 26.4 Å². The van der Waals surface area contributed by atoms with Crippen LogP contribution in [0.25, 0.3) is 0 Å². The van der Waals surface area contributed by atoms with E-state index >= 15 is 0 Å². The van der Waals surface area contributed by atoms with Crippen molar-refractivity contribution in [2.75, 3.05) is 13.7 Å². The largest absolute Gasteiger partial charge is 0.469 e. The van der Waals surface area contributed by atoms with Crippen LogP contribution < -0.4 is 5.32 Å². The molecule has 16 heavy (non-hydrogen) atoms. The zero-order chi connectivity index (χ0) is 12.0. The molecule has 1 aliphatic carbocycles. The van der Waals surface area contributed by atoms with Crippen molar-refractivity contribution < 1.29 is 9.53 Å². The third-order valence-corrected chi connectivity index (χ3v) is 3.40. The Bertz CT molecular complexity index is 208. The van der Waals surface area contributed by atoms with E-state index in [1.54, 1.807) is 0 Å². The summed E-state index contributed by atoms with van der Waals surface area (Å²) in [6, 6.07) is 0.649. The average Bonchev–Trinajstić information content (AvgIpc) is 2.22. The first-order chi connectivity index (χ1) is 7.61. The molecule has 0 radical (unpaired) electrons. The van der Waals surface area contributed by atoms with Crippen molar-refractivity contribution in [3.63, 3.8) is 0 Å². The lowest BCUT2D eigenvalue weighted by Crippen LogP contribution is -2.36. The minimum absolute atomic E-state index is 0.104. The van der Waals surface area contributed by atoms with Crippen molar-refractivity contribution in [1.29, 1.82) is 0 Å². The molecule has 0 aliphatic heterocycles. The Morgan fingerprint density at radius 1 is 1.25 bits per heavy atom. The van der Waals surface area contributed by atoms with Crippen LogP contribution >= 0.6 is 0 Å². The molecular formula is C13H25NO2. The Hall–Kier alpha value is -0.570. The SMILES string of the molecule is COC(=O)CCCNC1CC(C)CC(C)C1. The molecule has 2 atom stereocenters. The highest BCUT2D eigenvalue weighted by Gasteiger charge is 2.23. The molecule has 0 aromatic carbocycles. The number of carbonyl (C=O) groups excluding carboxylic acids is 1. The van der Waals surface area contributed by atoms with Gasteiger partial charge in [0.2, 0.25) is 0 Å². The first-order valence-electron chi connectivity index (χ1n) is 6.42. The van der Waals surface area contributed by atoms with Crippen molar-refractivity contribution in [3.8, 4) is 0 Å². The lowest BCUT2D eigenvalue weighted by atomic mass is 9.80. The van der Waals surface area contributed by atoms with Crippen molar-refractivity contribution in [1.82, 2.24) is 5.32 Å². The van der Waals surface area contributed by atoms with Gasteiger partial charge in [0.25, 0.3) is 0 Å². The third kappa shape index (κ3) is 4.97. The number of esters is 1. The fourth-order valence-electron chi connectivity index (χ4n) is 2.75. The van der Waals surface area contributed by atoms with Crippen LogP contribution in [0.4, 0.5) is 0 Å². The van der Waals surface area contributed by atoms with E-state index in [9.17, 15) is 4.79 Å². The Labute approximate surface area is 98.9 Å². The van der Waals surface area contributed by atoms with Gasteiger partial charge < -0.3 is 10.1 Å². The Balaban J connectivity index is 2.10. The van der Waals surface area contributed by atoms with Crippen molar-refractivity contribution >= 4 is 5.97 Å². The Kier molecular flexibility index (Phi) is 5.81. The molecule has 0 bridgehead atoms. The first-order valence-corrected chi connectivity index (χ1v) is 6.42. The maximum absolute atomic E-state index is 10.9. The number of hydrogen-bond donors (Lipinski definition) is 1. The Morgan fingerprint density at radius 2 is 1.88 bits per heavy atom. The molecule has 1 saturated carbocycles. The molecule has 1 aliphatic rings. The van der Waals surface area contributed by atoms with E-state index in [1.807, 2.05) is 0 Å². The second-order valence-electron chi connectivity index (χ2n) is 5.25. The Morgan fingerprint density at radius 3 is 2.44 bits per heavy atom. The third-order valence-electron chi connectivity index (χ3n) is 3.40. The summed E-state index contributed by atoms with van der Waals surface area (Å²) in [6.07, 6.45) is 5.33. The molecule has 0 heterocycles. The molecule has 1 rings (SSSR count). The maximum atomic E-state index is 10.9. The molecular weight excluding hydrogens is 202 g/mol. The lowest BCUT2D eigenvalue weighted by molar-refractivity contribution is -0.140. The van der Waals surface area contributed by atoms with Gasteiger partial charge in [0.1, 0.15) is 0 Å². The van der Waals surface area contributed by atoms with Gasteiger partial charge in [-0.3, -0.25) is 4.79 Å². The molecule has 3 heteroatoms. The summed E-state index contributed by atoms with van der Waals surface area (Å²) in [5, 5.41) is 3.55. The van der Waals surface area contributed by atoms with Gasteiger partial charge in [0.15, 0.2) is 0 Å². The highest BCUT2D eigenvalue weighted by Crippen LogP contribution is 2.28. The standard InChI is InChI=1S/C13H25NO2/c1-10-7-11(2)9-12(8-10)14-6-4-5-13(15)16-3/h10-12,14H,4-9H2,1-3H3. The fourth-order valence-corrected chi connectivity index (χ4v) is 2.75. The normalized spacial score (nSPS) is 30.1. The second kappa shape index (κ2) is 6.89. The molecule has 0 saturated heterocycles. The van der Waals surface area contributed by atoms with Gasteiger partial charge in [0.05, 0.1) is 7.11 Å². The van der Waals surface area contributed by atoms with Gasteiger partial charge in [-0.05, 0) is 44.1 Å². The summed E-state index contributed by atoms with van der Waals surface area (Å²) >= 11 is 0. The molecule has 3 nitrogen and oxygen atoms in total. The molecule has 1 fully saturated rings. The van der Waals surface area contributed by atoms with Gasteiger partial charge >= 0.3 is 5.97 Å². The minimum atomic E-state index is -0.104. The topological polar surface area (TPSA) is 38.3 Å². The molecule has 94 valence electrons. The van der Waals surface area contributed by atoms with Crippen LogP contribution in [0.5, 0.6) is 0 Å². The number of nitrogens with one attached hydrogen (secondary N) is 1. The number of hydrogen-bond acceptors (Lipinski definition) is 3. The smallest absolute Gasteiger partial charge is 0.305 e. The van der Waals surface area contributed by atoms with Crippen LogP contribution in [0, 0.1) is 11.8 Å². The molecule has 0 amide bonds. The van der Waals surface area contributed by atoms with Crippen LogP contribution in [0.3, 0.4) is 0 Å². The summed E-state index contributed by atoms with van der Waals surface area (Å²) in [5.74, 6) is 1.57. The fraction of sp³-hybridized carbons (Fsp3) is 0.923. The van der Waals surface area contributed by atoms with Gasteiger partial charge in [-0.1, -0.05) is 13.8 Å². The van der Waals surface area contributed by atoms with E-state index in [2.05, 4.69) is 23.9 Å². The van der Waals surface area contributed by atoms with Crippen LogP contribution in [-0.2, 0) is 9.53 Å². The zero-order valence-corrected chi connectivity index (χ0v) is 10.8. The van der Waals surface area contributed by atoms with E-state index in [-0.39, 0.29) is 5.97 Å². The average molecular weight is 227 g/mol. The zero-order valence-electron chi connectivity index (χ0n) is 10.8. The van der Waals surface area contributed by atoms with Crippen LogP contribution in [0.1, 0.15) is 46.0 Å². The predicted octanol–water partition coefficient (Wildman–Crippen LogP) is 2.35. The second-order valence-corrected chi connectivity index (χ2v) is 5.25. The highest BCUT2D eigenvalue weighted by molar-refractivity contribution is 5.69. The lowest BCUT2D eigenvalue weighted by Gasteiger charge is -2.32. The van der Waals surface area contributed by atoms with Crippen molar-refractivity contribution in [2.24, 2.45) is 11.8 Å². The molecule has 1 N–H and O–H groups in total. The monoisotopic (exact) mass is 227 g/mol. The molecule has 2 unspecified atom stereocenters. The van der Waals surface area contributed by atoms with Crippen LogP contribution in [-0.4, -0.2) is 25.7 Å². The van der Waals surface area contributed by atoms with E-state index in [0.717, 1.165) is 24.8 Å². The van der Waals surface area contributed by atoms with Gasteiger partial charge in [-0.15, -0.1) is 0 Å². The summed E-state index contributed by atoms with van der Waals surface area (Å²) in [4.78, 5) is 10.9. The van der Waals surface area contributed by atoms with Crippen LogP contribution in [0.2, 0.25) is 0 Å². The molecule has 0 spiro atoms. The first kappa shape index (κ1) is 13.5. The van der Waals surface area contributed by atoms with Gasteiger partial charge in [-0.25, -0.2) is 0 Å². The summed E-state index contributed by atoms with van der Waals surface area (Å²) in [5.41, 5.74) is 0. The van der Waals surface area contributed by atoms with E-state index in [0.29, 0.717) is 12.5 Å². The number of carbonyl (C=O) groups is 1. The number of methoxy groups -OCH3 is 1. The van der Waals surface area contributed by atoms with Crippen molar-refractivity contribution in [3.05, 3.63) is 0 Å². The van der Waals surface area contributed by atoms with Crippen molar-refractivity contribution in [2.45, 2.75) is 52.0 Å². The number of rotatable bonds is 5. The molecule has 0 aromatic rings. The summed E-state index contributed by atoms with van der Waals surface area (Å²) in [7, 11) is 1.44. The van der Waals surface area contributed by atoms with Gasteiger partial charge in [0, 0.05) is 12.5 Å². The van der Waals surface area contributed by atoms with E-state index < -0.39 is 0 Å². The molecule has 0 aromatic heterocycles. The highest BCUT2D eigenvalue weighted by atomic mass is 16.5.